The van der Waals surface area contributed by atoms with Crippen LogP contribution in [0.25, 0.3) is 0 Å². The zero-order valence-electron chi connectivity index (χ0n) is 11.0. The van der Waals surface area contributed by atoms with Crippen LogP contribution in [0.2, 0.25) is 5.02 Å². The lowest BCUT2D eigenvalue weighted by atomic mass is 10.1. The van der Waals surface area contributed by atoms with Gasteiger partial charge in [0, 0.05) is 18.2 Å². The van der Waals surface area contributed by atoms with Gasteiger partial charge in [0.25, 0.3) is 11.6 Å². The molecule has 1 aromatic rings. The fourth-order valence-corrected chi connectivity index (χ4v) is 1.89. The second-order valence-corrected chi connectivity index (χ2v) is 4.85. The highest BCUT2D eigenvalue weighted by molar-refractivity contribution is 6.33. The number of carbonyl (C=O) groups excluding carboxylic acids is 1. The maximum absolute atomic E-state index is 12.0. The lowest BCUT2D eigenvalue weighted by Gasteiger charge is -2.13. The van der Waals surface area contributed by atoms with Crippen molar-refractivity contribution in [2.24, 2.45) is 0 Å². The first-order valence-corrected chi connectivity index (χ1v) is 6.58. The summed E-state index contributed by atoms with van der Waals surface area (Å²) >= 11 is 5.90. The minimum Gasteiger partial charge on any atom is -0.350 e. The van der Waals surface area contributed by atoms with Gasteiger partial charge in [-0.05, 0) is 19.4 Å². The van der Waals surface area contributed by atoms with Gasteiger partial charge in [-0.25, -0.2) is 0 Å². The van der Waals surface area contributed by atoms with Gasteiger partial charge in [-0.3, -0.25) is 14.9 Å². The van der Waals surface area contributed by atoms with Crippen LogP contribution in [0.15, 0.2) is 18.2 Å². The lowest BCUT2D eigenvalue weighted by Crippen LogP contribution is -2.32. The molecule has 0 aliphatic rings. The Bertz CT molecular complexity index is 477. The molecule has 0 heterocycles. The molecule has 5 nitrogen and oxygen atoms in total. The van der Waals surface area contributed by atoms with Crippen molar-refractivity contribution < 1.29 is 9.72 Å². The van der Waals surface area contributed by atoms with E-state index in [2.05, 4.69) is 12.2 Å². The number of nitrogens with one attached hydrogen (secondary N) is 1. The van der Waals surface area contributed by atoms with Crippen LogP contribution in [0.3, 0.4) is 0 Å². The first kappa shape index (κ1) is 15.4. The first-order chi connectivity index (χ1) is 8.95. The summed E-state index contributed by atoms with van der Waals surface area (Å²) in [7, 11) is 0. The monoisotopic (exact) mass is 284 g/mol. The van der Waals surface area contributed by atoms with Gasteiger partial charge in [-0.2, -0.15) is 0 Å². The summed E-state index contributed by atoms with van der Waals surface area (Å²) in [5.41, 5.74) is -0.00465. The SMILES string of the molecule is CCCCC(C)NC(=O)c1cc([N+](=O)[O-])ccc1Cl. The van der Waals surface area contributed by atoms with E-state index in [1.165, 1.54) is 18.2 Å². The number of hydrogen-bond acceptors (Lipinski definition) is 3. The van der Waals surface area contributed by atoms with Gasteiger partial charge in [0.2, 0.25) is 0 Å². The van der Waals surface area contributed by atoms with Gasteiger partial charge in [0.15, 0.2) is 0 Å². The average molecular weight is 285 g/mol. The molecule has 1 rings (SSSR count). The minimum absolute atomic E-state index is 0.0165. The molecule has 1 atom stereocenters. The summed E-state index contributed by atoms with van der Waals surface area (Å²) < 4.78 is 0. The molecule has 0 bridgehead atoms. The van der Waals surface area contributed by atoms with Crippen molar-refractivity contribution in [1.29, 1.82) is 0 Å². The number of carbonyl (C=O) groups is 1. The maximum Gasteiger partial charge on any atom is 0.270 e. The molecule has 0 saturated heterocycles. The number of amides is 1. The van der Waals surface area contributed by atoms with Gasteiger partial charge in [-0.1, -0.05) is 31.4 Å². The maximum atomic E-state index is 12.0. The fourth-order valence-electron chi connectivity index (χ4n) is 1.68. The van der Waals surface area contributed by atoms with Crippen LogP contribution in [0.4, 0.5) is 5.69 Å². The molecule has 0 fully saturated rings. The molecule has 0 aromatic heterocycles. The zero-order valence-corrected chi connectivity index (χ0v) is 11.7. The van der Waals surface area contributed by atoms with Crippen molar-refractivity contribution in [3.8, 4) is 0 Å². The molecule has 104 valence electrons. The molecule has 0 aliphatic heterocycles. The van der Waals surface area contributed by atoms with Gasteiger partial charge in [0.1, 0.15) is 0 Å². The molecule has 1 aromatic carbocycles. The Hall–Kier alpha value is -1.62. The summed E-state index contributed by atoms with van der Waals surface area (Å²) in [6, 6.07) is 3.86. The molecule has 1 amide bonds. The Kier molecular flexibility index (Phi) is 5.76. The van der Waals surface area contributed by atoms with Crippen LogP contribution in [-0.2, 0) is 0 Å². The standard InChI is InChI=1S/C13H17ClN2O3/c1-3-4-5-9(2)15-13(17)11-8-10(16(18)19)6-7-12(11)14/h6-9H,3-5H2,1-2H3,(H,15,17). The van der Waals surface area contributed by atoms with Crippen molar-refractivity contribution in [2.45, 2.75) is 39.2 Å². The summed E-state index contributed by atoms with van der Waals surface area (Å²) in [6.07, 6.45) is 2.94. The number of hydrogen-bond donors (Lipinski definition) is 1. The molecular formula is C13H17ClN2O3. The van der Waals surface area contributed by atoms with Gasteiger partial charge in [-0.15, -0.1) is 0 Å². The molecule has 6 heteroatoms. The average Bonchev–Trinajstić information content (AvgIpc) is 2.36. The number of unbranched alkanes of at least 4 members (excludes halogenated alkanes) is 1. The molecule has 1 N–H and O–H groups in total. The second kappa shape index (κ2) is 7.09. The summed E-state index contributed by atoms with van der Waals surface area (Å²) in [4.78, 5) is 22.1. The van der Waals surface area contributed by atoms with E-state index in [9.17, 15) is 14.9 Å². The molecular weight excluding hydrogens is 268 g/mol. The van der Waals surface area contributed by atoms with Crippen LogP contribution in [-0.4, -0.2) is 16.9 Å². The van der Waals surface area contributed by atoms with E-state index in [1.54, 1.807) is 0 Å². The second-order valence-electron chi connectivity index (χ2n) is 4.44. The third-order valence-corrected chi connectivity index (χ3v) is 3.10. The number of nitro benzene ring substituents is 1. The molecule has 0 radical (unpaired) electrons. The van der Waals surface area contributed by atoms with Crippen LogP contribution < -0.4 is 5.32 Å². The molecule has 0 saturated carbocycles. The van der Waals surface area contributed by atoms with E-state index in [0.29, 0.717) is 0 Å². The molecule has 19 heavy (non-hydrogen) atoms. The van der Waals surface area contributed by atoms with Crippen LogP contribution in [0.5, 0.6) is 0 Å². The number of rotatable bonds is 6. The van der Waals surface area contributed by atoms with Crippen molar-refractivity contribution in [3.05, 3.63) is 38.9 Å². The van der Waals surface area contributed by atoms with Crippen LogP contribution >= 0.6 is 11.6 Å². The number of benzene rings is 1. The molecule has 1 unspecified atom stereocenters. The van der Waals surface area contributed by atoms with Gasteiger partial charge < -0.3 is 5.32 Å². The van der Waals surface area contributed by atoms with Crippen LogP contribution in [0, 0.1) is 10.1 Å². The Morgan fingerprint density at radius 1 is 1.53 bits per heavy atom. The van der Waals surface area contributed by atoms with Crippen molar-refractivity contribution in [2.75, 3.05) is 0 Å². The Morgan fingerprint density at radius 2 is 2.21 bits per heavy atom. The van der Waals surface area contributed by atoms with Crippen molar-refractivity contribution in [1.82, 2.24) is 5.32 Å². The Balaban J connectivity index is 2.81. The first-order valence-electron chi connectivity index (χ1n) is 6.20. The highest BCUT2D eigenvalue weighted by atomic mass is 35.5. The number of halogens is 1. The Morgan fingerprint density at radius 3 is 2.79 bits per heavy atom. The third kappa shape index (κ3) is 4.52. The third-order valence-electron chi connectivity index (χ3n) is 2.77. The molecule has 0 spiro atoms. The number of non-ortho nitro benzene ring substituents is 1. The van der Waals surface area contributed by atoms with Crippen molar-refractivity contribution >= 4 is 23.2 Å². The quantitative estimate of drug-likeness (QED) is 0.641. The highest BCUT2D eigenvalue weighted by Crippen LogP contribution is 2.22. The van der Waals surface area contributed by atoms with Gasteiger partial charge in [0.05, 0.1) is 15.5 Å². The van der Waals surface area contributed by atoms with E-state index in [0.717, 1.165) is 19.3 Å². The fraction of sp³-hybridized carbons (Fsp3) is 0.462. The Labute approximate surface area is 117 Å². The van der Waals surface area contributed by atoms with Gasteiger partial charge >= 0.3 is 0 Å². The summed E-state index contributed by atoms with van der Waals surface area (Å²) in [5.74, 6) is -0.377. The molecule has 0 aliphatic carbocycles. The van der Waals surface area contributed by atoms with E-state index >= 15 is 0 Å². The highest BCUT2D eigenvalue weighted by Gasteiger charge is 2.17. The topological polar surface area (TPSA) is 72.2 Å². The largest absolute Gasteiger partial charge is 0.350 e. The normalized spacial score (nSPS) is 11.9. The predicted molar refractivity (Wildman–Crippen MR) is 74.6 cm³/mol. The minimum atomic E-state index is -0.548. The van der Waals surface area contributed by atoms with Crippen LogP contribution in [0.1, 0.15) is 43.5 Å². The number of nitrogens with zero attached hydrogens (tertiary/aromatic N) is 1. The predicted octanol–water partition coefficient (Wildman–Crippen LogP) is 3.56. The number of nitro groups is 1. The van der Waals surface area contributed by atoms with E-state index in [4.69, 9.17) is 11.6 Å². The lowest BCUT2D eigenvalue weighted by molar-refractivity contribution is -0.384. The summed E-state index contributed by atoms with van der Waals surface area (Å²) in [6.45, 7) is 3.98. The zero-order chi connectivity index (χ0) is 14.4. The van der Waals surface area contributed by atoms with E-state index in [1.807, 2.05) is 6.92 Å². The summed E-state index contributed by atoms with van der Waals surface area (Å²) in [5, 5.41) is 13.7. The van der Waals surface area contributed by atoms with E-state index < -0.39 is 4.92 Å². The van der Waals surface area contributed by atoms with E-state index in [-0.39, 0.29) is 28.2 Å². The smallest absolute Gasteiger partial charge is 0.270 e. The van der Waals surface area contributed by atoms with Crippen molar-refractivity contribution in [3.63, 3.8) is 0 Å².